The first-order valence-electron chi connectivity index (χ1n) is 6.83. The molecule has 9 heteroatoms. The highest BCUT2D eigenvalue weighted by Crippen LogP contribution is 2.21. The van der Waals surface area contributed by atoms with E-state index in [1.807, 2.05) is 0 Å². The Balaban J connectivity index is 1.60. The Kier molecular flexibility index (Phi) is 4.62. The van der Waals surface area contributed by atoms with Gasteiger partial charge in [-0.05, 0) is 24.3 Å². The van der Waals surface area contributed by atoms with Crippen molar-refractivity contribution in [1.29, 1.82) is 0 Å². The van der Waals surface area contributed by atoms with Crippen molar-refractivity contribution < 1.29 is 8.42 Å². The van der Waals surface area contributed by atoms with Gasteiger partial charge in [0.2, 0.25) is 10.0 Å². The molecule has 1 N–H and O–H groups in total. The van der Waals surface area contributed by atoms with Crippen LogP contribution in [0.4, 0.5) is 5.82 Å². The smallest absolute Gasteiger partial charge is 0.250 e. The standard InChI is InChI=1S/C13H15ClN4O2S2/c14-11-8-15-9-12(16-11)18-5-3-10(4-6-18)17-22(19,20)13-2-1-7-21-13/h1-2,7-10,17H,3-6H2. The van der Waals surface area contributed by atoms with Gasteiger partial charge < -0.3 is 4.90 Å². The summed E-state index contributed by atoms with van der Waals surface area (Å²) in [6.07, 6.45) is 4.60. The summed E-state index contributed by atoms with van der Waals surface area (Å²) in [7, 11) is -3.40. The van der Waals surface area contributed by atoms with E-state index in [1.54, 1.807) is 23.7 Å². The topological polar surface area (TPSA) is 75.2 Å². The Labute approximate surface area is 138 Å². The minimum atomic E-state index is -3.40. The molecular formula is C13H15ClN4O2S2. The van der Waals surface area contributed by atoms with Crippen LogP contribution < -0.4 is 9.62 Å². The van der Waals surface area contributed by atoms with Crippen LogP contribution in [0.15, 0.2) is 34.1 Å². The zero-order valence-electron chi connectivity index (χ0n) is 11.6. The summed E-state index contributed by atoms with van der Waals surface area (Å²) in [5.41, 5.74) is 0. The number of thiophene rings is 1. The van der Waals surface area contributed by atoms with Crippen molar-refractivity contribution in [2.24, 2.45) is 0 Å². The van der Waals surface area contributed by atoms with E-state index in [9.17, 15) is 8.42 Å². The first-order chi connectivity index (χ1) is 10.5. The van der Waals surface area contributed by atoms with Crippen LogP contribution >= 0.6 is 22.9 Å². The van der Waals surface area contributed by atoms with Crippen LogP contribution in [0.5, 0.6) is 0 Å². The van der Waals surface area contributed by atoms with E-state index in [4.69, 9.17) is 11.6 Å². The summed E-state index contributed by atoms with van der Waals surface area (Å²) in [6, 6.07) is 3.29. The third-order valence-corrected chi connectivity index (χ3v) is 6.59. The highest BCUT2D eigenvalue weighted by molar-refractivity contribution is 7.91. The minimum Gasteiger partial charge on any atom is -0.355 e. The molecule has 3 heterocycles. The average Bonchev–Trinajstić information content (AvgIpc) is 3.03. The fraction of sp³-hybridized carbons (Fsp3) is 0.385. The van der Waals surface area contributed by atoms with Crippen LogP contribution in [0.3, 0.4) is 0 Å². The maximum absolute atomic E-state index is 12.2. The van der Waals surface area contributed by atoms with Gasteiger partial charge in [0.05, 0.1) is 12.4 Å². The van der Waals surface area contributed by atoms with Crippen LogP contribution in [0.1, 0.15) is 12.8 Å². The number of nitrogens with zero attached hydrogens (tertiary/aromatic N) is 3. The third kappa shape index (κ3) is 3.57. The van der Waals surface area contributed by atoms with Gasteiger partial charge in [0, 0.05) is 19.1 Å². The summed E-state index contributed by atoms with van der Waals surface area (Å²) < 4.78 is 27.5. The molecule has 22 heavy (non-hydrogen) atoms. The normalized spacial score (nSPS) is 16.9. The fourth-order valence-corrected chi connectivity index (χ4v) is 4.86. The molecule has 3 rings (SSSR count). The monoisotopic (exact) mass is 358 g/mol. The van der Waals surface area contributed by atoms with Gasteiger partial charge in [-0.2, -0.15) is 0 Å². The van der Waals surface area contributed by atoms with Crippen molar-refractivity contribution in [3.8, 4) is 0 Å². The number of piperidine rings is 1. The van der Waals surface area contributed by atoms with Gasteiger partial charge in [-0.15, -0.1) is 11.3 Å². The molecular weight excluding hydrogens is 344 g/mol. The molecule has 0 saturated carbocycles. The Bertz CT molecular complexity index is 728. The zero-order valence-corrected chi connectivity index (χ0v) is 14.0. The van der Waals surface area contributed by atoms with Crippen molar-refractivity contribution in [2.45, 2.75) is 23.1 Å². The second-order valence-electron chi connectivity index (χ2n) is 5.01. The van der Waals surface area contributed by atoms with Gasteiger partial charge in [-0.1, -0.05) is 17.7 Å². The lowest BCUT2D eigenvalue weighted by Crippen LogP contribution is -2.44. The third-order valence-electron chi connectivity index (χ3n) is 3.49. The van der Waals surface area contributed by atoms with E-state index in [1.165, 1.54) is 17.5 Å². The molecule has 118 valence electrons. The fourth-order valence-electron chi connectivity index (χ4n) is 2.41. The SMILES string of the molecule is O=S(=O)(NC1CCN(c2cncc(Cl)n2)CC1)c1cccs1. The summed E-state index contributed by atoms with van der Waals surface area (Å²) in [6.45, 7) is 1.43. The molecule has 0 bridgehead atoms. The number of nitrogens with one attached hydrogen (secondary N) is 1. The number of aromatic nitrogens is 2. The van der Waals surface area contributed by atoms with Crippen LogP contribution in [0.25, 0.3) is 0 Å². The number of hydrogen-bond donors (Lipinski definition) is 1. The van der Waals surface area contributed by atoms with Crippen LogP contribution in [-0.4, -0.2) is 37.5 Å². The Morgan fingerprint density at radius 2 is 2.09 bits per heavy atom. The maximum Gasteiger partial charge on any atom is 0.250 e. The maximum atomic E-state index is 12.2. The molecule has 2 aromatic rings. The summed E-state index contributed by atoms with van der Waals surface area (Å²) in [4.78, 5) is 10.3. The van der Waals surface area contributed by atoms with Crippen molar-refractivity contribution in [1.82, 2.24) is 14.7 Å². The van der Waals surface area contributed by atoms with Gasteiger partial charge >= 0.3 is 0 Å². The van der Waals surface area contributed by atoms with Gasteiger partial charge in [0.25, 0.3) is 0 Å². The molecule has 1 aliphatic heterocycles. The number of hydrogen-bond acceptors (Lipinski definition) is 6. The van der Waals surface area contributed by atoms with Gasteiger partial charge in [0.15, 0.2) is 0 Å². The summed E-state index contributed by atoms with van der Waals surface area (Å²) in [5.74, 6) is 0.729. The van der Waals surface area contributed by atoms with Crippen molar-refractivity contribution in [2.75, 3.05) is 18.0 Å². The number of sulfonamides is 1. The van der Waals surface area contributed by atoms with Crippen LogP contribution in [-0.2, 0) is 10.0 Å². The van der Waals surface area contributed by atoms with Crippen LogP contribution in [0, 0.1) is 0 Å². The molecule has 0 aromatic carbocycles. The van der Waals surface area contributed by atoms with Gasteiger partial charge in [-0.3, -0.25) is 4.98 Å². The molecule has 0 amide bonds. The lowest BCUT2D eigenvalue weighted by molar-refractivity contribution is 0.458. The van der Waals surface area contributed by atoms with E-state index in [0.29, 0.717) is 22.5 Å². The predicted octanol–water partition coefficient (Wildman–Crippen LogP) is 2.14. The quantitative estimate of drug-likeness (QED) is 0.906. The van der Waals surface area contributed by atoms with Crippen molar-refractivity contribution in [3.63, 3.8) is 0 Å². The first-order valence-corrected chi connectivity index (χ1v) is 9.57. The average molecular weight is 359 g/mol. The molecule has 6 nitrogen and oxygen atoms in total. The predicted molar refractivity (Wildman–Crippen MR) is 86.9 cm³/mol. The van der Waals surface area contributed by atoms with Gasteiger partial charge in [-0.25, -0.2) is 18.1 Å². The minimum absolute atomic E-state index is 0.0597. The Morgan fingerprint density at radius 3 is 2.73 bits per heavy atom. The molecule has 0 unspecified atom stereocenters. The number of halogens is 1. The molecule has 0 atom stereocenters. The highest BCUT2D eigenvalue weighted by Gasteiger charge is 2.25. The van der Waals surface area contributed by atoms with E-state index in [0.717, 1.165) is 18.7 Å². The second kappa shape index (κ2) is 6.49. The van der Waals surface area contributed by atoms with Gasteiger partial charge in [0.1, 0.15) is 15.2 Å². The molecule has 0 spiro atoms. The zero-order chi connectivity index (χ0) is 15.6. The van der Waals surface area contributed by atoms with Crippen molar-refractivity contribution >= 4 is 38.8 Å². The summed E-state index contributed by atoms with van der Waals surface area (Å²) >= 11 is 7.07. The van der Waals surface area contributed by atoms with E-state index in [-0.39, 0.29) is 6.04 Å². The first kappa shape index (κ1) is 15.7. The second-order valence-corrected chi connectivity index (χ2v) is 8.29. The molecule has 0 radical (unpaired) electrons. The lowest BCUT2D eigenvalue weighted by Gasteiger charge is -2.32. The van der Waals surface area contributed by atoms with Crippen molar-refractivity contribution in [3.05, 3.63) is 35.1 Å². The molecule has 1 fully saturated rings. The van der Waals surface area contributed by atoms with E-state index < -0.39 is 10.0 Å². The van der Waals surface area contributed by atoms with E-state index in [2.05, 4.69) is 19.6 Å². The Hall–Kier alpha value is -1.22. The highest BCUT2D eigenvalue weighted by atomic mass is 35.5. The van der Waals surface area contributed by atoms with E-state index >= 15 is 0 Å². The lowest BCUT2D eigenvalue weighted by atomic mass is 10.1. The largest absolute Gasteiger partial charge is 0.355 e. The molecule has 1 saturated heterocycles. The molecule has 2 aromatic heterocycles. The molecule has 1 aliphatic rings. The Morgan fingerprint density at radius 1 is 1.32 bits per heavy atom. The molecule has 0 aliphatic carbocycles. The number of anilines is 1. The number of rotatable bonds is 4. The van der Waals surface area contributed by atoms with Crippen LogP contribution in [0.2, 0.25) is 5.15 Å². The summed E-state index contributed by atoms with van der Waals surface area (Å²) in [5, 5.41) is 2.12.